The molecule has 9 heteroatoms. The van der Waals surface area contributed by atoms with Crippen LogP contribution in [0.15, 0.2) is 72.8 Å². The number of nitro groups is 1. The van der Waals surface area contributed by atoms with E-state index < -0.39 is 11.1 Å². The van der Waals surface area contributed by atoms with E-state index in [0.29, 0.717) is 0 Å². The van der Waals surface area contributed by atoms with Crippen molar-refractivity contribution in [3.63, 3.8) is 0 Å². The SMILES string of the molecule is O=[N+]([O-])c1ccc(C(n2nnc3ccccc32)n2nnc3ccccc32)cc1. The smallest absolute Gasteiger partial charge is 0.258 e. The molecule has 3 aromatic carbocycles. The van der Waals surface area contributed by atoms with Crippen LogP contribution >= 0.6 is 0 Å². The van der Waals surface area contributed by atoms with Crippen LogP contribution in [0.4, 0.5) is 5.69 Å². The first kappa shape index (κ1) is 16.1. The largest absolute Gasteiger partial charge is 0.269 e. The Morgan fingerprint density at radius 1 is 0.750 bits per heavy atom. The number of benzene rings is 3. The molecular formula is C19H13N7O2. The van der Waals surface area contributed by atoms with E-state index >= 15 is 0 Å². The van der Waals surface area contributed by atoms with Crippen LogP contribution in [0, 0.1) is 10.1 Å². The van der Waals surface area contributed by atoms with Gasteiger partial charge in [0.15, 0.2) is 6.17 Å². The van der Waals surface area contributed by atoms with Gasteiger partial charge in [-0.1, -0.05) is 34.7 Å². The molecule has 0 bridgehead atoms. The maximum atomic E-state index is 11.0. The Labute approximate surface area is 158 Å². The molecule has 0 radical (unpaired) electrons. The van der Waals surface area contributed by atoms with Gasteiger partial charge in [0.25, 0.3) is 5.69 Å². The van der Waals surface area contributed by atoms with Crippen LogP contribution in [0.1, 0.15) is 11.7 Å². The monoisotopic (exact) mass is 371 g/mol. The summed E-state index contributed by atoms with van der Waals surface area (Å²) in [6.07, 6.45) is -0.499. The van der Waals surface area contributed by atoms with Gasteiger partial charge in [-0.15, -0.1) is 10.2 Å². The molecule has 0 atom stereocenters. The summed E-state index contributed by atoms with van der Waals surface area (Å²) in [6, 6.07) is 21.6. The molecule has 0 unspecified atom stereocenters. The maximum Gasteiger partial charge on any atom is 0.269 e. The molecule has 2 aromatic heterocycles. The zero-order chi connectivity index (χ0) is 19.1. The number of rotatable bonds is 4. The van der Waals surface area contributed by atoms with Crippen molar-refractivity contribution in [1.82, 2.24) is 30.0 Å². The predicted octanol–water partition coefficient (Wildman–Crippen LogP) is 3.18. The van der Waals surface area contributed by atoms with Gasteiger partial charge in [0.1, 0.15) is 11.0 Å². The number of aromatic nitrogens is 6. The van der Waals surface area contributed by atoms with Gasteiger partial charge < -0.3 is 0 Å². The molecular weight excluding hydrogens is 358 g/mol. The molecule has 0 aliphatic heterocycles. The molecule has 5 aromatic rings. The molecule has 0 amide bonds. The Hall–Kier alpha value is -4.14. The van der Waals surface area contributed by atoms with Gasteiger partial charge in [-0.05, 0) is 42.0 Å². The fraction of sp³-hybridized carbons (Fsp3) is 0.0526. The second kappa shape index (κ2) is 6.23. The summed E-state index contributed by atoms with van der Waals surface area (Å²) in [5.41, 5.74) is 3.94. The summed E-state index contributed by atoms with van der Waals surface area (Å²) in [7, 11) is 0. The highest BCUT2D eigenvalue weighted by Gasteiger charge is 2.23. The second-order valence-electron chi connectivity index (χ2n) is 6.27. The van der Waals surface area contributed by atoms with Gasteiger partial charge in [0.2, 0.25) is 0 Å². The van der Waals surface area contributed by atoms with E-state index in [0.717, 1.165) is 27.6 Å². The summed E-state index contributed by atoms with van der Waals surface area (Å²) in [4.78, 5) is 10.6. The lowest BCUT2D eigenvalue weighted by atomic mass is 10.1. The Morgan fingerprint density at radius 3 is 1.75 bits per heavy atom. The van der Waals surface area contributed by atoms with Crippen molar-refractivity contribution in [3.05, 3.63) is 88.5 Å². The first-order valence-electron chi connectivity index (χ1n) is 8.56. The normalized spacial score (nSPS) is 11.5. The van der Waals surface area contributed by atoms with Crippen LogP contribution in [0.2, 0.25) is 0 Å². The van der Waals surface area contributed by atoms with E-state index in [1.165, 1.54) is 12.1 Å². The average molecular weight is 371 g/mol. The standard InChI is InChI=1S/C19H13N7O2/c27-26(28)14-11-9-13(10-12-14)19(24-17-7-3-1-5-15(17)20-22-24)25-18-8-4-2-6-16(18)21-23-25/h1-12,19H. The molecule has 136 valence electrons. The molecule has 0 aliphatic carbocycles. The molecule has 0 aliphatic rings. The molecule has 0 fully saturated rings. The van der Waals surface area contributed by atoms with E-state index in [9.17, 15) is 10.1 Å². The highest BCUT2D eigenvalue weighted by Crippen LogP contribution is 2.27. The van der Waals surface area contributed by atoms with Crippen LogP contribution in [-0.4, -0.2) is 34.9 Å². The lowest BCUT2D eigenvalue weighted by molar-refractivity contribution is -0.384. The lowest BCUT2D eigenvalue weighted by Gasteiger charge is -2.19. The van der Waals surface area contributed by atoms with E-state index in [1.54, 1.807) is 21.5 Å². The Balaban J connectivity index is 1.76. The zero-order valence-electron chi connectivity index (χ0n) is 14.5. The second-order valence-corrected chi connectivity index (χ2v) is 6.27. The van der Waals surface area contributed by atoms with Crippen LogP contribution in [0.25, 0.3) is 22.1 Å². The summed E-state index contributed by atoms with van der Waals surface area (Å²) in [5.74, 6) is 0. The molecule has 28 heavy (non-hydrogen) atoms. The van der Waals surface area contributed by atoms with E-state index in [2.05, 4.69) is 20.6 Å². The van der Waals surface area contributed by atoms with Gasteiger partial charge in [-0.2, -0.15) is 0 Å². The van der Waals surface area contributed by atoms with Crippen LogP contribution in [-0.2, 0) is 0 Å². The van der Waals surface area contributed by atoms with Crippen molar-refractivity contribution in [2.45, 2.75) is 6.17 Å². The summed E-state index contributed by atoms with van der Waals surface area (Å²) < 4.78 is 3.50. The Bertz CT molecular complexity index is 1230. The van der Waals surface area contributed by atoms with Crippen LogP contribution in [0.3, 0.4) is 0 Å². The van der Waals surface area contributed by atoms with Crippen LogP contribution in [0.5, 0.6) is 0 Å². The van der Waals surface area contributed by atoms with Crippen molar-refractivity contribution in [1.29, 1.82) is 0 Å². The zero-order valence-corrected chi connectivity index (χ0v) is 14.5. The fourth-order valence-electron chi connectivity index (χ4n) is 3.29. The summed E-state index contributed by atoms with van der Waals surface area (Å²) >= 11 is 0. The Kier molecular flexibility index (Phi) is 3.58. The lowest BCUT2D eigenvalue weighted by Crippen LogP contribution is -2.22. The molecule has 0 saturated carbocycles. The van der Waals surface area contributed by atoms with Gasteiger partial charge >= 0.3 is 0 Å². The number of fused-ring (bicyclic) bond motifs is 2. The third-order valence-corrected chi connectivity index (χ3v) is 4.62. The number of nitrogens with zero attached hydrogens (tertiary/aromatic N) is 7. The highest BCUT2D eigenvalue weighted by molar-refractivity contribution is 5.76. The van der Waals surface area contributed by atoms with E-state index in [1.807, 2.05) is 48.5 Å². The topological polar surface area (TPSA) is 105 Å². The minimum atomic E-state index is -0.499. The van der Waals surface area contributed by atoms with E-state index in [-0.39, 0.29) is 5.69 Å². The first-order chi connectivity index (χ1) is 13.7. The number of nitro benzene ring substituents is 1. The van der Waals surface area contributed by atoms with Crippen molar-refractivity contribution < 1.29 is 4.92 Å². The number of hydrogen-bond acceptors (Lipinski definition) is 6. The number of hydrogen-bond donors (Lipinski definition) is 0. The first-order valence-corrected chi connectivity index (χ1v) is 8.56. The van der Waals surface area contributed by atoms with Gasteiger partial charge in [-0.25, -0.2) is 9.36 Å². The minimum absolute atomic E-state index is 0.0226. The highest BCUT2D eigenvalue weighted by atomic mass is 16.6. The van der Waals surface area contributed by atoms with Crippen molar-refractivity contribution >= 4 is 27.8 Å². The molecule has 0 saturated heterocycles. The number of para-hydroxylation sites is 2. The molecule has 0 spiro atoms. The van der Waals surface area contributed by atoms with Crippen molar-refractivity contribution in [2.24, 2.45) is 0 Å². The third-order valence-electron chi connectivity index (χ3n) is 4.62. The molecule has 2 heterocycles. The Morgan fingerprint density at radius 2 is 1.25 bits per heavy atom. The summed E-state index contributed by atoms with van der Waals surface area (Å²) in [5, 5.41) is 28.2. The van der Waals surface area contributed by atoms with Gasteiger partial charge in [0, 0.05) is 12.1 Å². The minimum Gasteiger partial charge on any atom is -0.258 e. The predicted molar refractivity (Wildman–Crippen MR) is 102 cm³/mol. The number of non-ortho nitro benzene ring substituents is 1. The fourth-order valence-corrected chi connectivity index (χ4v) is 3.29. The van der Waals surface area contributed by atoms with Gasteiger partial charge in [0.05, 0.1) is 16.0 Å². The molecule has 0 N–H and O–H groups in total. The van der Waals surface area contributed by atoms with Gasteiger partial charge in [-0.3, -0.25) is 10.1 Å². The van der Waals surface area contributed by atoms with Crippen molar-refractivity contribution in [2.75, 3.05) is 0 Å². The average Bonchev–Trinajstić information content (AvgIpc) is 3.34. The van der Waals surface area contributed by atoms with Crippen LogP contribution < -0.4 is 0 Å². The maximum absolute atomic E-state index is 11.0. The van der Waals surface area contributed by atoms with Crippen molar-refractivity contribution in [3.8, 4) is 0 Å². The van der Waals surface area contributed by atoms with E-state index in [4.69, 9.17) is 0 Å². The summed E-state index contributed by atoms with van der Waals surface area (Å²) in [6.45, 7) is 0. The molecule has 5 rings (SSSR count). The molecule has 9 nitrogen and oxygen atoms in total. The quantitative estimate of drug-likeness (QED) is 0.355. The third kappa shape index (κ3) is 2.49.